The summed E-state index contributed by atoms with van der Waals surface area (Å²) in [4.78, 5) is 11.3. The van der Waals surface area contributed by atoms with Crippen molar-refractivity contribution in [2.75, 3.05) is 33.0 Å². The zero-order valence-corrected chi connectivity index (χ0v) is 11.1. The van der Waals surface area contributed by atoms with E-state index in [4.69, 9.17) is 9.47 Å². The minimum absolute atomic E-state index is 0.0545. The van der Waals surface area contributed by atoms with Crippen LogP contribution in [0.25, 0.3) is 0 Å². The molecule has 17 heavy (non-hydrogen) atoms. The van der Waals surface area contributed by atoms with Gasteiger partial charge in [0.2, 0.25) is 5.91 Å². The molecule has 0 atom stereocenters. The van der Waals surface area contributed by atoms with E-state index >= 15 is 0 Å². The Morgan fingerprint density at radius 2 is 1.76 bits per heavy atom. The largest absolute Gasteiger partial charge is 0.379 e. The van der Waals surface area contributed by atoms with Crippen LogP contribution in [0.4, 0.5) is 0 Å². The summed E-state index contributed by atoms with van der Waals surface area (Å²) in [6, 6.07) is 0. The predicted molar refractivity (Wildman–Crippen MR) is 69.0 cm³/mol. The highest BCUT2D eigenvalue weighted by atomic mass is 16.5. The van der Waals surface area contributed by atoms with Crippen LogP contribution in [0.2, 0.25) is 0 Å². The summed E-state index contributed by atoms with van der Waals surface area (Å²) in [6.45, 7) is 10.8. The van der Waals surface area contributed by atoms with E-state index in [0.29, 0.717) is 32.8 Å². The predicted octanol–water partition coefficient (Wildman–Crippen LogP) is 1.90. The topological polar surface area (TPSA) is 47.6 Å². The van der Waals surface area contributed by atoms with E-state index in [1.165, 1.54) is 0 Å². The highest BCUT2D eigenvalue weighted by Crippen LogP contribution is 1.99. The molecule has 0 aromatic rings. The van der Waals surface area contributed by atoms with E-state index in [0.717, 1.165) is 25.0 Å². The van der Waals surface area contributed by atoms with Crippen molar-refractivity contribution in [3.05, 3.63) is 12.2 Å². The molecule has 0 spiro atoms. The van der Waals surface area contributed by atoms with E-state index in [-0.39, 0.29) is 5.91 Å². The number of ether oxygens (including phenoxy) is 2. The molecule has 0 fully saturated rings. The Balaban J connectivity index is 3.16. The Bertz CT molecular complexity index is 217. The van der Waals surface area contributed by atoms with Gasteiger partial charge >= 0.3 is 0 Å². The molecule has 4 nitrogen and oxygen atoms in total. The van der Waals surface area contributed by atoms with Gasteiger partial charge in [0.15, 0.2) is 0 Å². The maximum Gasteiger partial charge on any atom is 0.220 e. The molecular weight excluding hydrogens is 218 g/mol. The third kappa shape index (κ3) is 13.1. The minimum Gasteiger partial charge on any atom is -0.379 e. The van der Waals surface area contributed by atoms with Gasteiger partial charge in [0.05, 0.1) is 19.8 Å². The summed E-state index contributed by atoms with van der Waals surface area (Å²) in [5, 5.41) is 2.79. The van der Waals surface area contributed by atoms with Crippen LogP contribution in [0.1, 0.15) is 33.1 Å². The van der Waals surface area contributed by atoms with Crippen molar-refractivity contribution >= 4 is 5.91 Å². The summed E-state index contributed by atoms with van der Waals surface area (Å²) in [5.41, 5.74) is 1.03. The van der Waals surface area contributed by atoms with Gasteiger partial charge in [-0.05, 0) is 19.8 Å². The van der Waals surface area contributed by atoms with Crippen molar-refractivity contribution in [2.24, 2.45) is 0 Å². The lowest BCUT2D eigenvalue weighted by Gasteiger charge is -2.06. The fourth-order valence-electron chi connectivity index (χ4n) is 1.14. The zero-order valence-electron chi connectivity index (χ0n) is 11.1. The molecule has 0 unspecified atom stereocenters. The Morgan fingerprint density at radius 1 is 1.12 bits per heavy atom. The summed E-state index contributed by atoms with van der Waals surface area (Å²) in [5.74, 6) is 0.0545. The molecule has 0 radical (unpaired) electrons. The first-order valence-electron chi connectivity index (χ1n) is 6.23. The van der Waals surface area contributed by atoms with Crippen molar-refractivity contribution in [3.8, 4) is 0 Å². The first-order valence-corrected chi connectivity index (χ1v) is 6.23. The van der Waals surface area contributed by atoms with Gasteiger partial charge in [0.25, 0.3) is 0 Å². The average Bonchev–Trinajstić information content (AvgIpc) is 2.30. The third-order valence-electron chi connectivity index (χ3n) is 2.07. The van der Waals surface area contributed by atoms with Crippen LogP contribution < -0.4 is 5.32 Å². The van der Waals surface area contributed by atoms with Gasteiger partial charge in [-0.2, -0.15) is 0 Å². The first-order chi connectivity index (χ1) is 8.16. The summed E-state index contributed by atoms with van der Waals surface area (Å²) in [7, 11) is 0. The molecule has 0 rings (SSSR count). The van der Waals surface area contributed by atoms with Gasteiger partial charge in [-0.3, -0.25) is 4.79 Å². The average molecular weight is 243 g/mol. The second kappa shape index (κ2) is 11.6. The van der Waals surface area contributed by atoms with Gasteiger partial charge in [0, 0.05) is 19.6 Å². The van der Waals surface area contributed by atoms with Crippen molar-refractivity contribution in [3.63, 3.8) is 0 Å². The lowest BCUT2D eigenvalue weighted by atomic mass is 10.2. The van der Waals surface area contributed by atoms with Crippen molar-refractivity contribution < 1.29 is 14.3 Å². The molecule has 0 heterocycles. The molecular formula is C13H25NO3. The molecule has 0 bridgehead atoms. The van der Waals surface area contributed by atoms with Gasteiger partial charge in [-0.1, -0.05) is 12.5 Å². The van der Waals surface area contributed by atoms with E-state index < -0.39 is 0 Å². The number of rotatable bonds is 11. The molecule has 0 aliphatic rings. The molecule has 0 aliphatic heterocycles. The SMILES string of the molecule is C=C(C)CCC(=O)NCCOCCOCCC. The van der Waals surface area contributed by atoms with Crippen LogP contribution in [0.5, 0.6) is 0 Å². The lowest BCUT2D eigenvalue weighted by molar-refractivity contribution is -0.121. The molecule has 100 valence electrons. The van der Waals surface area contributed by atoms with Gasteiger partial charge in [0.1, 0.15) is 0 Å². The van der Waals surface area contributed by atoms with Crippen molar-refractivity contribution in [1.29, 1.82) is 0 Å². The molecule has 1 N–H and O–H groups in total. The maximum absolute atomic E-state index is 11.3. The smallest absolute Gasteiger partial charge is 0.220 e. The number of hydrogen-bond donors (Lipinski definition) is 1. The number of carbonyl (C=O) groups is 1. The third-order valence-corrected chi connectivity index (χ3v) is 2.07. The maximum atomic E-state index is 11.3. The fourth-order valence-corrected chi connectivity index (χ4v) is 1.14. The fraction of sp³-hybridized carbons (Fsp3) is 0.769. The lowest BCUT2D eigenvalue weighted by Crippen LogP contribution is -2.27. The molecule has 0 saturated carbocycles. The quantitative estimate of drug-likeness (QED) is 0.445. The Labute approximate surface area is 104 Å². The van der Waals surface area contributed by atoms with E-state index in [1.807, 2.05) is 6.92 Å². The molecule has 4 heteroatoms. The Hall–Kier alpha value is -0.870. The van der Waals surface area contributed by atoms with E-state index in [1.54, 1.807) is 0 Å². The van der Waals surface area contributed by atoms with Crippen LogP contribution in [-0.2, 0) is 14.3 Å². The first kappa shape index (κ1) is 16.1. The van der Waals surface area contributed by atoms with Gasteiger partial charge in [-0.25, -0.2) is 0 Å². The number of hydrogen-bond acceptors (Lipinski definition) is 3. The zero-order chi connectivity index (χ0) is 12.9. The second-order valence-corrected chi connectivity index (χ2v) is 4.03. The molecule has 1 amide bonds. The number of allylic oxidation sites excluding steroid dienone is 1. The van der Waals surface area contributed by atoms with Crippen LogP contribution in [-0.4, -0.2) is 38.9 Å². The highest BCUT2D eigenvalue weighted by molar-refractivity contribution is 5.76. The standard InChI is InChI=1S/C13H25NO3/c1-4-8-16-10-11-17-9-7-14-13(15)6-5-12(2)3/h2,4-11H2,1,3H3,(H,14,15). The number of nitrogens with one attached hydrogen (secondary N) is 1. The van der Waals surface area contributed by atoms with Crippen LogP contribution in [0.3, 0.4) is 0 Å². The summed E-state index contributed by atoms with van der Waals surface area (Å²) >= 11 is 0. The Morgan fingerprint density at radius 3 is 2.35 bits per heavy atom. The van der Waals surface area contributed by atoms with Crippen LogP contribution in [0, 0.1) is 0 Å². The Kier molecular flexibility index (Phi) is 11.0. The number of amides is 1. The monoisotopic (exact) mass is 243 g/mol. The molecule has 0 saturated heterocycles. The van der Waals surface area contributed by atoms with E-state index in [9.17, 15) is 4.79 Å². The van der Waals surface area contributed by atoms with Crippen molar-refractivity contribution in [1.82, 2.24) is 5.32 Å². The van der Waals surface area contributed by atoms with Crippen LogP contribution >= 0.6 is 0 Å². The highest BCUT2D eigenvalue weighted by Gasteiger charge is 1.99. The van der Waals surface area contributed by atoms with Crippen LogP contribution in [0.15, 0.2) is 12.2 Å². The van der Waals surface area contributed by atoms with Gasteiger partial charge < -0.3 is 14.8 Å². The molecule has 0 aromatic heterocycles. The second-order valence-electron chi connectivity index (χ2n) is 4.03. The number of carbonyl (C=O) groups excluding carboxylic acids is 1. The molecule has 0 aromatic carbocycles. The summed E-state index contributed by atoms with van der Waals surface area (Å²) < 4.78 is 10.6. The summed E-state index contributed by atoms with van der Waals surface area (Å²) in [6.07, 6.45) is 2.28. The van der Waals surface area contributed by atoms with Crippen molar-refractivity contribution in [2.45, 2.75) is 33.1 Å². The van der Waals surface area contributed by atoms with E-state index in [2.05, 4.69) is 18.8 Å². The normalized spacial score (nSPS) is 10.2. The van der Waals surface area contributed by atoms with Gasteiger partial charge in [-0.15, -0.1) is 6.58 Å². The minimum atomic E-state index is 0.0545. The molecule has 0 aliphatic carbocycles.